The van der Waals surface area contributed by atoms with E-state index in [1.807, 2.05) is 0 Å². The number of hydrogen-bond acceptors (Lipinski definition) is 3. The van der Waals surface area contributed by atoms with E-state index in [9.17, 15) is 22.0 Å². The highest BCUT2D eigenvalue weighted by Crippen LogP contribution is 2.26. The summed E-state index contributed by atoms with van der Waals surface area (Å²) in [6, 6.07) is 3.21. The van der Waals surface area contributed by atoms with Gasteiger partial charge in [-0.1, -0.05) is 6.07 Å². The molecule has 2 rings (SSSR count). The van der Waals surface area contributed by atoms with Crippen molar-refractivity contribution in [3.05, 3.63) is 35.4 Å². The van der Waals surface area contributed by atoms with E-state index in [1.54, 1.807) is 20.9 Å². The number of halogens is 2. The summed E-state index contributed by atoms with van der Waals surface area (Å²) in [5.74, 6) is -2.18. The van der Waals surface area contributed by atoms with Gasteiger partial charge in [-0.05, 0) is 44.4 Å². The monoisotopic (exact) mass is 374 g/mol. The van der Waals surface area contributed by atoms with Crippen LogP contribution in [0.3, 0.4) is 0 Å². The summed E-state index contributed by atoms with van der Waals surface area (Å²) in [4.78, 5) is 14.2. The van der Waals surface area contributed by atoms with Gasteiger partial charge in [0.1, 0.15) is 0 Å². The summed E-state index contributed by atoms with van der Waals surface area (Å²) in [7, 11) is -1.60. The van der Waals surface area contributed by atoms with E-state index in [1.165, 1.54) is 15.3 Å². The first-order valence-corrected chi connectivity index (χ1v) is 9.97. The van der Waals surface area contributed by atoms with E-state index < -0.39 is 27.7 Å². The molecule has 1 atom stereocenters. The SMILES string of the molecule is CCS(=O)(=O)N1CCC(C(=O)N(C)C(C)c2ccc(F)c(F)c2)CC1. The van der Waals surface area contributed by atoms with E-state index in [2.05, 4.69) is 0 Å². The van der Waals surface area contributed by atoms with Crippen LogP contribution < -0.4 is 0 Å². The summed E-state index contributed by atoms with van der Waals surface area (Å²) in [6.45, 7) is 4.02. The van der Waals surface area contributed by atoms with Crippen LogP contribution in [0.5, 0.6) is 0 Å². The summed E-state index contributed by atoms with van der Waals surface area (Å²) in [5.41, 5.74) is 0.515. The summed E-state index contributed by atoms with van der Waals surface area (Å²) in [5, 5.41) is 0. The molecule has 0 aromatic heterocycles. The van der Waals surface area contributed by atoms with Crippen molar-refractivity contribution in [2.45, 2.75) is 32.7 Å². The Morgan fingerprint density at radius 2 is 1.88 bits per heavy atom. The lowest BCUT2D eigenvalue weighted by Crippen LogP contribution is -2.44. The maximum atomic E-state index is 13.4. The topological polar surface area (TPSA) is 57.7 Å². The molecule has 0 spiro atoms. The maximum absolute atomic E-state index is 13.4. The van der Waals surface area contributed by atoms with E-state index in [4.69, 9.17) is 0 Å². The fourth-order valence-electron chi connectivity index (χ4n) is 3.04. The first-order chi connectivity index (χ1) is 11.7. The van der Waals surface area contributed by atoms with Crippen LogP contribution in [0.2, 0.25) is 0 Å². The van der Waals surface area contributed by atoms with E-state index in [-0.39, 0.29) is 17.6 Å². The van der Waals surface area contributed by atoms with Crippen molar-refractivity contribution in [3.8, 4) is 0 Å². The molecule has 1 amide bonds. The molecular formula is C17H24F2N2O3S. The van der Waals surface area contributed by atoms with Crippen LogP contribution in [0, 0.1) is 17.6 Å². The molecule has 1 aliphatic heterocycles. The van der Waals surface area contributed by atoms with Crippen LogP contribution >= 0.6 is 0 Å². The van der Waals surface area contributed by atoms with Crippen molar-refractivity contribution in [1.29, 1.82) is 0 Å². The second-order valence-corrected chi connectivity index (χ2v) is 8.63. The Labute approximate surface area is 147 Å². The molecule has 0 radical (unpaired) electrons. The van der Waals surface area contributed by atoms with Crippen molar-refractivity contribution in [2.24, 2.45) is 5.92 Å². The molecule has 1 aromatic rings. The molecule has 0 bridgehead atoms. The lowest BCUT2D eigenvalue weighted by molar-refractivity contribution is -0.137. The minimum Gasteiger partial charge on any atom is -0.339 e. The van der Waals surface area contributed by atoms with Gasteiger partial charge >= 0.3 is 0 Å². The van der Waals surface area contributed by atoms with Gasteiger partial charge in [0.25, 0.3) is 0 Å². The number of sulfonamides is 1. The number of rotatable bonds is 5. The van der Waals surface area contributed by atoms with Crippen LogP contribution in [-0.2, 0) is 14.8 Å². The average molecular weight is 374 g/mol. The van der Waals surface area contributed by atoms with Crippen LogP contribution in [0.15, 0.2) is 18.2 Å². The molecule has 5 nitrogen and oxygen atoms in total. The van der Waals surface area contributed by atoms with Crippen molar-refractivity contribution in [1.82, 2.24) is 9.21 Å². The molecule has 1 saturated heterocycles. The minimum atomic E-state index is -3.23. The van der Waals surface area contributed by atoms with Gasteiger partial charge in [0, 0.05) is 26.1 Å². The number of amides is 1. The molecule has 8 heteroatoms. The molecule has 1 aromatic carbocycles. The number of hydrogen-bond donors (Lipinski definition) is 0. The number of piperidine rings is 1. The summed E-state index contributed by atoms with van der Waals surface area (Å²) in [6.07, 6.45) is 0.930. The molecule has 0 N–H and O–H groups in total. The van der Waals surface area contributed by atoms with Crippen LogP contribution in [-0.4, -0.2) is 49.4 Å². The van der Waals surface area contributed by atoms with E-state index >= 15 is 0 Å². The van der Waals surface area contributed by atoms with Crippen molar-refractivity contribution in [3.63, 3.8) is 0 Å². The van der Waals surface area contributed by atoms with Gasteiger partial charge in [0.15, 0.2) is 11.6 Å². The van der Waals surface area contributed by atoms with Gasteiger partial charge in [-0.15, -0.1) is 0 Å². The Balaban J connectivity index is 2.02. The molecule has 1 fully saturated rings. The zero-order valence-corrected chi connectivity index (χ0v) is 15.5. The smallest absolute Gasteiger partial charge is 0.226 e. The van der Waals surface area contributed by atoms with Gasteiger partial charge in [0.2, 0.25) is 15.9 Å². The predicted octanol–water partition coefficient (Wildman–Crippen LogP) is 2.55. The van der Waals surface area contributed by atoms with Crippen molar-refractivity contribution >= 4 is 15.9 Å². The molecule has 25 heavy (non-hydrogen) atoms. The maximum Gasteiger partial charge on any atom is 0.226 e. The number of nitrogens with zero attached hydrogens (tertiary/aromatic N) is 2. The fourth-order valence-corrected chi connectivity index (χ4v) is 4.17. The Morgan fingerprint density at radius 1 is 1.28 bits per heavy atom. The van der Waals surface area contributed by atoms with E-state index in [0.717, 1.165) is 12.1 Å². The van der Waals surface area contributed by atoms with Gasteiger partial charge in [-0.2, -0.15) is 0 Å². The highest BCUT2D eigenvalue weighted by atomic mass is 32.2. The Bertz CT molecular complexity index is 731. The molecule has 1 aliphatic rings. The molecule has 0 saturated carbocycles. The number of carbonyl (C=O) groups is 1. The third-order valence-electron chi connectivity index (χ3n) is 4.92. The third kappa shape index (κ3) is 4.36. The normalized spacial score (nSPS) is 18.1. The second-order valence-electron chi connectivity index (χ2n) is 6.37. The van der Waals surface area contributed by atoms with Crippen molar-refractivity contribution in [2.75, 3.05) is 25.9 Å². The Hall–Kier alpha value is -1.54. The zero-order valence-electron chi connectivity index (χ0n) is 14.7. The first-order valence-electron chi connectivity index (χ1n) is 8.36. The minimum absolute atomic E-state index is 0.0542. The molecule has 140 valence electrons. The fraction of sp³-hybridized carbons (Fsp3) is 0.588. The quantitative estimate of drug-likeness (QED) is 0.796. The van der Waals surface area contributed by atoms with Crippen LogP contribution in [0.1, 0.15) is 38.3 Å². The molecular weight excluding hydrogens is 350 g/mol. The average Bonchev–Trinajstić information content (AvgIpc) is 2.62. The predicted molar refractivity (Wildman–Crippen MR) is 91.3 cm³/mol. The zero-order chi connectivity index (χ0) is 18.8. The van der Waals surface area contributed by atoms with Gasteiger partial charge < -0.3 is 4.90 Å². The number of carbonyl (C=O) groups excluding carboxylic acids is 1. The highest BCUT2D eigenvalue weighted by Gasteiger charge is 2.32. The lowest BCUT2D eigenvalue weighted by Gasteiger charge is -2.34. The lowest BCUT2D eigenvalue weighted by atomic mass is 9.95. The van der Waals surface area contributed by atoms with Crippen molar-refractivity contribution < 1.29 is 22.0 Å². The van der Waals surface area contributed by atoms with E-state index in [0.29, 0.717) is 31.5 Å². The second kappa shape index (κ2) is 7.78. The molecule has 0 aliphatic carbocycles. The van der Waals surface area contributed by atoms with Gasteiger partial charge in [0.05, 0.1) is 11.8 Å². The van der Waals surface area contributed by atoms with Crippen LogP contribution in [0.25, 0.3) is 0 Å². The largest absolute Gasteiger partial charge is 0.339 e. The van der Waals surface area contributed by atoms with Crippen LogP contribution in [0.4, 0.5) is 8.78 Å². The molecule has 1 unspecified atom stereocenters. The third-order valence-corrected chi connectivity index (χ3v) is 6.80. The Morgan fingerprint density at radius 3 is 2.40 bits per heavy atom. The van der Waals surface area contributed by atoms with Gasteiger partial charge in [-0.3, -0.25) is 4.79 Å². The highest BCUT2D eigenvalue weighted by molar-refractivity contribution is 7.89. The summed E-state index contributed by atoms with van der Waals surface area (Å²) < 4.78 is 51.7. The first kappa shape index (κ1) is 19.8. The Kier molecular flexibility index (Phi) is 6.16. The van der Waals surface area contributed by atoms with Gasteiger partial charge in [-0.25, -0.2) is 21.5 Å². The standard InChI is InChI=1S/C17H24F2N2O3S/c1-4-25(23,24)21-9-7-13(8-10-21)17(22)20(3)12(2)14-5-6-15(18)16(19)11-14/h5-6,11-13H,4,7-10H2,1-3H3. The summed E-state index contributed by atoms with van der Waals surface area (Å²) >= 11 is 0. The molecule has 1 heterocycles. The number of benzene rings is 1.